The molecule has 1 rings (SSSR count). The first-order valence-electron chi connectivity index (χ1n) is 5.45. The summed E-state index contributed by atoms with van der Waals surface area (Å²) in [4.78, 5) is 10.5. The van der Waals surface area contributed by atoms with Gasteiger partial charge in [0.2, 0.25) is 10.0 Å². The van der Waals surface area contributed by atoms with Crippen molar-refractivity contribution >= 4 is 27.7 Å². The van der Waals surface area contributed by atoms with Gasteiger partial charge in [-0.3, -0.25) is 0 Å². The summed E-state index contributed by atoms with van der Waals surface area (Å²) in [6.45, 7) is 0.727. The second-order valence-corrected chi connectivity index (χ2v) is 6.36. The fourth-order valence-electron chi connectivity index (χ4n) is 1.76. The van der Waals surface area contributed by atoms with E-state index in [9.17, 15) is 13.2 Å². The molecule has 0 aromatic rings. The molecule has 0 atom stereocenters. The van der Waals surface area contributed by atoms with Crippen LogP contribution in [-0.4, -0.2) is 49.6 Å². The summed E-state index contributed by atoms with van der Waals surface area (Å²) in [7, 11) is -3.22. The van der Waals surface area contributed by atoms with Crippen LogP contribution < -0.4 is 5.73 Å². The SMILES string of the molecule is NC(=O)OC1CCN(S(=O)(=O)CCCCl)CC1. The van der Waals surface area contributed by atoms with Crippen molar-refractivity contribution in [2.75, 3.05) is 24.7 Å². The van der Waals surface area contributed by atoms with Crippen LogP contribution in [0.4, 0.5) is 4.79 Å². The number of hydrogen-bond donors (Lipinski definition) is 1. The summed E-state index contributed by atoms with van der Waals surface area (Å²) in [5.74, 6) is 0.401. The van der Waals surface area contributed by atoms with Crippen LogP contribution in [0.25, 0.3) is 0 Å². The lowest BCUT2D eigenvalue weighted by atomic mass is 10.1. The van der Waals surface area contributed by atoms with Crippen LogP contribution in [0.15, 0.2) is 0 Å². The van der Waals surface area contributed by atoms with Crippen LogP contribution in [0.2, 0.25) is 0 Å². The minimum absolute atomic E-state index is 0.0673. The topological polar surface area (TPSA) is 89.7 Å². The number of nitrogens with zero attached hydrogens (tertiary/aromatic N) is 1. The molecule has 8 heteroatoms. The Hall–Kier alpha value is -0.530. The van der Waals surface area contributed by atoms with E-state index in [4.69, 9.17) is 22.1 Å². The van der Waals surface area contributed by atoms with Gasteiger partial charge < -0.3 is 10.5 Å². The summed E-state index contributed by atoms with van der Waals surface area (Å²) < 4.78 is 29.9. The number of piperidine rings is 1. The number of amides is 1. The van der Waals surface area contributed by atoms with Gasteiger partial charge in [0.25, 0.3) is 0 Å². The number of primary amides is 1. The molecule has 1 aliphatic heterocycles. The largest absolute Gasteiger partial charge is 0.446 e. The monoisotopic (exact) mass is 284 g/mol. The van der Waals surface area contributed by atoms with Crippen LogP contribution >= 0.6 is 11.6 Å². The Morgan fingerprint density at radius 2 is 2.00 bits per heavy atom. The number of sulfonamides is 1. The van der Waals surface area contributed by atoms with Crippen molar-refractivity contribution in [3.05, 3.63) is 0 Å². The highest BCUT2D eigenvalue weighted by atomic mass is 35.5. The number of alkyl halides is 1. The lowest BCUT2D eigenvalue weighted by Crippen LogP contribution is -2.42. The van der Waals surface area contributed by atoms with Gasteiger partial charge in [-0.15, -0.1) is 11.6 Å². The molecule has 1 saturated heterocycles. The molecule has 17 heavy (non-hydrogen) atoms. The zero-order valence-electron chi connectivity index (χ0n) is 9.47. The molecule has 0 saturated carbocycles. The molecule has 1 heterocycles. The summed E-state index contributed by atoms with van der Waals surface area (Å²) in [5.41, 5.74) is 4.90. The lowest BCUT2D eigenvalue weighted by Gasteiger charge is -2.30. The minimum atomic E-state index is -3.22. The zero-order chi connectivity index (χ0) is 12.9. The van der Waals surface area contributed by atoms with E-state index < -0.39 is 16.1 Å². The number of halogens is 1. The van der Waals surface area contributed by atoms with Gasteiger partial charge in [-0.1, -0.05) is 0 Å². The highest BCUT2D eigenvalue weighted by Gasteiger charge is 2.28. The molecule has 0 spiro atoms. The first kappa shape index (κ1) is 14.5. The van der Waals surface area contributed by atoms with E-state index >= 15 is 0 Å². The number of carbonyl (C=O) groups is 1. The van der Waals surface area contributed by atoms with E-state index in [0.717, 1.165) is 0 Å². The molecule has 0 radical (unpaired) electrons. The fraction of sp³-hybridized carbons (Fsp3) is 0.889. The summed E-state index contributed by atoms with van der Waals surface area (Å²) >= 11 is 5.47. The third-order valence-electron chi connectivity index (χ3n) is 2.61. The van der Waals surface area contributed by atoms with Crippen LogP contribution in [0, 0.1) is 0 Å². The normalized spacial score (nSPS) is 19.1. The van der Waals surface area contributed by atoms with E-state index in [1.54, 1.807) is 0 Å². The second-order valence-electron chi connectivity index (χ2n) is 3.89. The van der Waals surface area contributed by atoms with Gasteiger partial charge in [-0.2, -0.15) is 0 Å². The van der Waals surface area contributed by atoms with Crippen LogP contribution in [0.3, 0.4) is 0 Å². The Kier molecular flexibility index (Phi) is 5.48. The van der Waals surface area contributed by atoms with Gasteiger partial charge in [0.1, 0.15) is 6.10 Å². The Morgan fingerprint density at radius 3 is 2.47 bits per heavy atom. The first-order chi connectivity index (χ1) is 7.95. The van der Waals surface area contributed by atoms with E-state index in [2.05, 4.69) is 0 Å². The van der Waals surface area contributed by atoms with Crippen molar-refractivity contribution in [2.45, 2.75) is 25.4 Å². The number of rotatable bonds is 5. The molecule has 100 valence electrons. The summed E-state index contributed by atoms with van der Waals surface area (Å²) in [6.07, 6.45) is 0.341. The van der Waals surface area contributed by atoms with Crippen LogP contribution in [0.5, 0.6) is 0 Å². The van der Waals surface area contributed by atoms with E-state index in [1.807, 2.05) is 0 Å². The van der Waals surface area contributed by atoms with Gasteiger partial charge in [-0.05, 0) is 19.3 Å². The van der Waals surface area contributed by atoms with Crippen molar-refractivity contribution in [1.82, 2.24) is 4.31 Å². The molecular weight excluding hydrogens is 268 g/mol. The van der Waals surface area contributed by atoms with E-state index in [0.29, 0.717) is 38.2 Å². The van der Waals surface area contributed by atoms with E-state index in [-0.39, 0.29) is 11.9 Å². The van der Waals surface area contributed by atoms with Gasteiger partial charge >= 0.3 is 6.09 Å². The average Bonchev–Trinajstić information content (AvgIpc) is 2.26. The predicted molar refractivity (Wildman–Crippen MR) is 64.4 cm³/mol. The third kappa shape index (κ3) is 4.69. The number of ether oxygens (including phenoxy) is 1. The van der Waals surface area contributed by atoms with Crippen LogP contribution in [-0.2, 0) is 14.8 Å². The Bertz CT molecular complexity index is 352. The molecule has 6 nitrogen and oxygen atoms in total. The smallest absolute Gasteiger partial charge is 0.404 e. The molecular formula is C9H17ClN2O4S. The molecule has 0 unspecified atom stereocenters. The Morgan fingerprint density at radius 1 is 1.41 bits per heavy atom. The summed E-state index contributed by atoms with van der Waals surface area (Å²) in [6, 6.07) is 0. The molecule has 1 amide bonds. The maximum Gasteiger partial charge on any atom is 0.404 e. The predicted octanol–water partition coefficient (Wildman–Crippen LogP) is 0.505. The number of carbonyl (C=O) groups excluding carboxylic acids is 1. The van der Waals surface area contributed by atoms with Gasteiger partial charge in [0, 0.05) is 19.0 Å². The van der Waals surface area contributed by atoms with Gasteiger partial charge in [0.05, 0.1) is 5.75 Å². The molecule has 0 aromatic carbocycles. The van der Waals surface area contributed by atoms with Gasteiger partial charge in [-0.25, -0.2) is 17.5 Å². The van der Waals surface area contributed by atoms with Crippen molar-refractivity contribution in [3.63, 3.8) is 0 Å². The zero-order valence-corrected chi connectivity index (χ0v) is 11.0. The standard InChI is InChI=1S/C9H17ClN2O4S/c10-4-1-7-17(14,15)12-5-2-8(3-6-12)16-9(11)13/h8H,1-7H2,(H2,11,13). The molecule has 1 aliphatic rings. The average molecular weight is 285 g/mol. The fourth-order valence-corrected chi connectivity index (χ4v) is 3.59. The first-order valence-corrected chi connectivity index (χ1v) is 7.60. The molecule has 1 fully saturated rings. The maximum absolute atomic E-state index is 11.8. The minimum Gasteiger partial charge on any atom is -0.446 e. The van der Waals surface area contributed by atoms with Crippen LogP contribution in [0.1, 0.15) is 19.3 Å². The van der Waals surface area contributed by atoms with Crippen molar-refractivity contribution in [3.8, 4) is 0 Å². The maximum atomic E-state index is 11.8. The molecule has 2 N–H and O–H groups in total. The highest BCUT2D eigenvalue weighted by molar-refractivity contribution is 7.89. The summed E-state index contributed by atoms with van der Waals surface area (Å²) in [5, 5.41) is 0. The molecule has 0 aromatic heterocycles. The molecule has 0 bridgehead atoms. The highest BCUT2D eigenvalue weighted by Crippen LogP contribution is 2.17. The Balaban J connectivity index is 2.43. The van der Waals surface area contributed by atoms with Crippen molar-refractivity contribution in [1.29, 1.82) is 0 Å². The van der Waals surface area contributed by atoms with E-state index in [1.165, 1.54) is 4.31 Å². The Labute approximate surface area is 106 Å². The third-order valence-corrected chi connectivity index (χ3v) is 4.84. The second kappa shape index (κ2) is 6.42. The van der Waals surface area contributed by atoms with Crippen molar-refractivity contribution in [2.24, 2.45) is 5.73 Å². The number of hydrogen-bond acceptors (Lipinski definition) is 4. The van der Waals surface area contributed by atoms with Gasteiger partial charge in [0.15, 0.2) is 0 Å². The quantitative estimate of drug-likeness (QED) is 0.745. The lowest BCUT2D eigenvalue weighted by molar-refractivity contribution is 0.0741. The molecule has 0 aliphatic carbocycles. The number of nitrogens with two attached hydrogens (primary N) is 1. The van der Waals surface area contributed by atoms with Crippen molar-refractivity contribution < 1.29 is 17.9 Å².